The highest BCUT2D eigenvalue weighted by Gasteiger charge is 2.71. The van der Waals surface area contributed by atoms with Crippen LogP contribution < -0.4 is 10.2 Å². The van der Waals surface area contributed by atoms with Crippen molar-refractivity contribution in [3.8, 4) is 0 Å². The summed E-state index contributed by atoms with van der Waals surface area (Å²) in [5, 5.41) is 14.7. The number of hydrogen-bond acceptors (Lipinski definition) is 9. The number of rotatable bonds is 6. The molecule has 41 heavy (non-hydrogen) atoms. The number of benzene rings is 2. The maximum atomic E-state index is 14.5. The summed E-state index contributed by atoms with van der Waals surface area (Å²) in [4.78, 5) is 52.5. The maximum Gasteiger partial charge on any atom is 0.416 e. The number of nitro groups is 1. The molecular formula is C26H25F4N3O8. The summed E-state index contributed by atoms with van der Waals surface area (Å²) in [5.41, 5.74) is -7.35. The molecule has 3 atom stereocenters. The molecule has 4 rings (SSSR count). The molecule has 1 fully saturated rings. The Balaban J connectivity index is 2.09. The van der Waals surface area contributed by atoms with E-state index in [0.717, 1.165) is 30.2 Å². The van der Waals surface area contributed by atoms with Crippen molar-refractivity contribution in [3.63, 3.8) is 0 Å². The van der Waals surface area contributed by atoms with Gasteiger partial charge in [0.05, 0.1) is 41.6 Å². The first-order valence-corrected chi connectivity index (χ1v) is 12.3. The van der Waals surface area contributed by atoms with E-state index >= 15 is 0 Å². The van der Waals surface area contributed by atoms with Crippen molar-refractivity contribution in [2.24, 2.45) is 0 Å². The Morgan fingerprint density at radius 2 is 1.83 bits per heavy atom. The molecule has 2 aromatic rings. The van der Waals surface area contributed by atoms with Crippen LogP contribution in [0.4, 0.5) is 33.7 Å². The molecule has 1 N–H and O–H groups in total. The minimum atomic E-state index is -4.83. The van der Waals surface area contributed by atoms with Crippen molar-refractivity contribution in [2.75, 3.05) is 18.6 Å². The molecule has 2 aliphatic rings. The van der Waals surface area contributed by atoms with Crippen LogP contribution in [0.15, 0.2) is 36.4 Å². The largest absolute Gasteiger partial charge is 0.467 e. The molecule has 0 unspecified atom stereocenters. The van der Waals surface area contributed by atoms with Gasteiger partial charge in [-0.2, -0.15) is 13.2 Å². The lowest BCUT2D eigenvalue weighted by Gasteiger charge is -2.31. The topological polar surface area (TPSA) is 137 Å². The second-order valence-electron chi connectivity index (χ2n) is 9.76. The molecule has 220 valence electrons. The Kier molecular flexibility index (Phi) is 7.45. The highest BCUT2D eigenvalue weighted by Crippen LogP contribution is 2.58. The molecule has 0 saturated carbocycles. The molecule has 15 heteroatoms. The van der Waals surface area contributed by atoms with E-state index in [1.807, 2.05) is 0 Å². The number of esters is 2. The van der Waals surface area contributed by atoms with Gasteiger partial charge in [0.1, 0.15) is 17.4 Å². The Bertz CT molecular complexity index is 1430. The van der Waals surface area contributed by atoms with Gasteiger partial charge in [0, 0.05) is 12.5 Å². The maximum absolute atomic E-state index is 14.5. The number of anilines is 1. The third-order valence-electron chi connectivity index (χ3n) is 7.04. The van der Waals surface area contributed by atoms with Crippen LogP contribution in [0.5, 0.6) is 0 Å². The van der Waals surface area contributed by atoms with Crippen LogP contribution in [0.25, 0.3) is 0 Å². The van der Waals surface area contributed by atoms with E-state index < -0.39 is 81.4 Å². The lowest BCUT2D eigenvalue weighted by Crippen LogP contribution is -2.57. The van der Waals surface area contributed by atoms with E-state index in [1.165, 1.54) is 20.8 Å². The third kappa shape index (κ3) is 4.63. The molecule has 1 amide bonds. The van der Waals surface area contributed by atoms with Gasteiger partial charge in [0.2, 0.25) is 0 Å². The van der Waals surface area contributed by atoms with Gasteiger partial charge < -0.3 is 14.2 Å². The fraction of sp³-hybridized carbons (Fsp3) is 0.423. The molecule has 11 nitrogen and oxygen atoms in total. The Morgan fingerprint density at radius 3 is 2.39 bits per heavy atom. The van der Waals surface area contributed by atoms with Gasteiger partial charge in [-0.25, -0.2) is 14.0 Å². The first-order valence-electron chi connectivity index (χ1n) is 12.3. The number of halogens is 4. The van der Waals surface area contributed by atoms with Gasteiger partial charge in [0.15, 0.2) is 5.54 Å². The van der Waals surface area contributed by atoms with Crippen molar-refractivity contribution < 1.29 is 51.1 Å². The summed E-state index contributed by atoms with van der Waals surface area (Å²) in [7, 11) is 0.955. The number of fused-ring (bicyclic) bond motifs is 3. The molecule has 2 aliphatic heterocycles. The minimum absolute atomic E-state index is 0.147. The minimum Gasteiger partial charge on any atom is -0.467 e. The summed E-state index contributed by atoms with van der Waals surface area (Å²) < 4.78 is 71.2. The van der Waals surface area contributed by atoms with E-state index in [1.54, 1.807) is 0 Å². The third-order valence-corrected chi connectivity index (χ3v) is 7.04. The SMILES string of the molecule is CCOC(=O)N1c2cc(C(F)(F)F)ccc2[C@]2(C(=O)OC(C)C)C[C@@](C(=O)OC)(c3cc(F)ccc3[N+](=O)[O-])N[C@H]12. The smallest absolute Gasteiger partial charge is 0.416 e. The van der Waals surface area contributed by atoms with Crippen LogP contribution in [0.1, 0.15) is 43.9 Å². The molecule has 0 aliphatic carbocycles. The number of hydrogen-bond donors (Lipinski definition) is 1. The molecule has 1 saturated heterocycles. The fourth-order valence-electron chi connectivity index (χ4n) is 5.48. The van der Waals surface area contributed by atoms with Crippen molar-refractivity contribution >= 4 is 29.4 Å². The quantitative estimate of drug-likeness (QED) is 0.173. The molecular weight excluding hydrogens is 558 g/mol. The molecule has 0 aromatic heterocycles. The number of nitrogens with one attached hydrogen (secondary N) is 1. The van der Waals surface area contributed by atoms with Gasteiger partial charge in [-0.15, -0.1) is 0 Å². The van der Waals surface area contributed by atoms with Gasteiger partial charge in [0.25, 0.3) is 5.69 Å². The summed E-state index contributed by atoms with van der Waals surface area (Å²) in [6.45, 7) is 4.24. The number of methoxy groups -OCH3 is 1. The second kappa shape index (κ2) is 10.3. The van der Waals surface area contributed by atoms with Gasteiger partial charge >= 0.3 is 24.2 Å². The first-order chi connectivity index (χ1) is 19.1. The van der Waals surface area contributed by atoms with Crippen molar-refractivity contribution in [2.45, 2.75) is 56.6 Å². The Labute approximate surface area is 230 Å². The highest BCUT2D eigenvalue weighted by molar-refractivity contribution is 6.02. The summed E-state index contributed by atoms with van der Waals surface area (Å²) in [6.07, 6.45) is -9.19. The van der Waals surface area contributed by atoms with Crippen LogP contribution in [0.2, 0.25) is 0 Å². The van der Waals surface area contributed by atoms with Crippen LogP contribution in [0.3, 0.4) is 0 Å². The fourth-order valence-corrected chi connectivity index (χ4v) is 5.48. The number of carbonyl (C=O) groups is 3. The van der Waals surface area contributed by atoms with E-state index in [9.17, 15) is 42.1 Å². The lowest BCUT2D eigenvalue weighted by atomic mass is 9.72. The van der Waals surface area contributed by atoms with E-state index in [2.05, 4.69) is 5.32 Å². The molecule has 2 aromatic carbocycles. The summed E-state index contributed by atoms with van der Waals surface area (Å²) in [5.74, 6) is -3.21. The zero-order valence-corrected chi connectivity index (χ0v) is 22.2. The Morgan fingerprint density at radius 1 is 1.15 bits per heavy atom. The zero-order valence-electron chi connectivity index (χ0n) is 22.2. The monoisotopic (exact) mass is 583 g/mol. The Hall–Kier alpha value is -4.27. The molecule has 0 bridgehead atoms. The summed E-state index contributed by atoms with van der Waals surface area (Å²) in [6, 6.07) is 4.65. The number of alkyl halides is 3. The molecule has 2 heterocycles. The number of carbonyl (C=O) groups excluding carboxylic acids is 3. The average Bonchev–Trinajstić information content (AvgIpc) is 3.37. The molecule has 0 spiro atoms. The highest BCUT2D eigenvalue weighted by atomic mass is 19.4. The molecule has 0 radical (unpaired) electrons. The summed E-state index contributed by atoms with van der Waals surface area (Å²) >= 11 is 0. The van der Waals surface area contributed by atoms with Crippen LogP contribution in [-0.2, 0) is 40.9 Å². The van der Waals surface area contributed by atoms with Crippen LogP contribution >= 0.6 is 0 Å². The zero-order chi connectivity index (χ0) is 30.5. The van der Waals surface area contributed by atoms with E-state index in [-0.39, 0.29) is 17.9 Å². The number of nitro benzene ring substituents is 1. The average molecular weight is 583 g/mol. The van der Waals surface area contributed by atoms with Crippen LogP contribution in [-0.4, -0.2) is 48.9 Å². The number of ether oxygens (including phenoxy) is 3. The number of nitrogens with zero attached hydrogens (tertiary/aromatic N) is 2. The van der Waals surface area contributed by atoms with Gasteiger partial charge in [-0.05, 0) is 50.6 Å². The van der Waals surface area contributed by atoms with Gasteiger partial charge in [-0.3, -0.25) is 25.1 Å². The lowest BCUT2D eigenvalue weighted by molar-refractivity contribution is -0.386. The van der Waals surface area contributed by atoms with Crippen molar-refractivity contribution in [3.05, 3.63) is 69.0 Å². The predicted octanol–water partition coefficient (Wildman–Crippen LogP) is 4.31. The first kappa shape index (κ1) is 29.7. The predicted molar refractivity (Wildman–Crippen MR) is 132 cm³/mol. The second-order valence-corrected chi connectivity index (χ2v) is 9.76. The van der Waals surface area contributed by atoms with Crippen molar-refractivity contribution in [1.82, 2.24) is 5.32 Å². The van der Waals surface area contributed by atoms with E-state index in [0.29, 0.717) is 18.2 Å². The van der Waals surface area contributed by atoms with E-state index in [4.69, 9.17) is 14.2 Å². The number of amides is 1. The van der Waals surface area contributed by atoms with Crippen LogP contribution in [0, 0.1) is 15.9 Å². The van der Waals surface area contributed by atoms with Gasteiger partial charge in [-0.1, -0.05) is 6.07 Å². The van der Waals surface area contributed by atoms with Crippen molar-refractivity contribution in [1.29, 1.82) is 0 Å². The normalized spacial score (nSPS) is 23.1. The standard InChI is InChI=1S/C26H25F4N3O8/c1-5-40-23(36)32-19-10-14(26(28,29)30)6-8-16(19)24(21(34)41-13(2)3)12-25(22(35)39-4,31-20(24)32)17-11-15(27)7-9-18(17)33(37)38/h6-11,13,20,31H,5,12H2,1-4H3/t20-,24-,25+/m1/s1.